The Balaban J connectivity index is 0.000000273. The highest BCUT2D eigenvalue weighted by atomic mass is 19.4. The van der Waals surface area contributed by atoms with Crippen molar-refractivity contribution >= 4 is 5.91 Å². The molecule has 1 aliphatic carbocycles. The van der Waals surface area contributed by atoms with Crippen LogP contribution in [-0.4, -0.2) is 69.0 Å². The number of allylic oxidation sites excluding steroid dienone is 1. The molecule has 2 aliphatic heterocycles. The van der Waals surface area contributed by atoms with E-state index in [0.29, 0.717) is 31.1 Å². The minimum absolute atomic E-state index is 0.0791. The topological polar surface area (TPSA) is 86.0 Å². The maximum atomic E-state index is 12.6. The first-order valence-electron chi connectivity index (χ1n) is 15.1. The summed E-state index contributed by atoms with van der Waals surface area (Å²) < 4.78 is 55.0. The molecule has 234 valence electrons. The van der Waals surface area contributed by atoms with Gasteiger partial charge in [0, 0.05) is 38.9 Å². The number of halogens is 3. The lowest BCUT2D eigenvalue weighted by molar-refractivity contribution is -0.137. The summed E-state index contributed by atoms with van der Waals surface area (Å²) in [7, 11) is 1.77. The van der Waals surface area contributed by atoms with Crippen molar-refractivity contribution in [1.29, 1.82) is 0 Å². The number of carbonyl (C=O) groups is 1. The van der Waals surface area contributed by atoms with E-state index in [1.807, 2.05) is 13.8 Å². The lowest BCUT2D eigenvalue weighted by Crippen LogP contribution is -2.40. The summed E-state index contributed by atoms with van der Waals surface area (Å²) >= 11 is 0. The second-order valence-corrected chi connectivity index (χ2v) is 10.4. The molecule has 4 rings (SSSR count). The maximum Gasteiger partial charge on any atom is 0.416 e. The van der Waals surface area contributed by atoms with E-state index in [-0.39, 0.29) is 18.8 Å². The van der Waals surface area contributed by atoms with Crippen molar-refractivity contribution in [2.45, 2.75) is 104 Å². The quantitative estimate of drug-likeness (QED) is 0.372. The molecule has 10 heteroatoms. The van der Waals surface area contributed by atoms with Gasteiger partial charge in [-0.2, -0.15) is 13.2 Å². The smallest absolute Gasteiger partial charge is 0.416 e. The van der Waals surface area contributed by atoms with Crippen LogP contribution in [0, 0.1) is 0 Å². The van der Waals surface area contributed by atoms with Crippen molar-refractivity contribution in [3.8, 4) is 0 Å². The predicted octanol–water partition coefficient (Wildman–Crippen LogP) is 5.60. The van der Waals surface area contributed by atoms with Gasteiger partial charge in [-0.3, -0.25) is 9.69 Å². The van der Waals surface area contributed by atoms with Crippen molar-refractivity contribution < 1.29 is 32.2 Å². The Morgan fingerprint density at radius 2 is 1.85 bits per heavy atom. The molecule has 0 saturated carbocycles. The van der Waals surface area contributed by atoms with E-state index >= 15 is 0 Å². The van der Waals surface area contributed by atoms with Crippen LogP contribution in [0.25, 0.3) is 0 Å². The second kappa shape index (κ2) is 17.7. The molecule has 0 aromatic heterocycles. The minimum Gasteiger partial charge on any atom is -0.498 e. The zero-order valence-corrected chi connectivity index (χ0v) is 25.4. The number of alkyl halides is 3. The van der Waals surface area contributed by atoms with Gasteiger partial charge in [-0.05, 0) is 73.8 Å². The molecule has 1 saturated heterocycles. The highest BCUT2D eigenvalue weighted by Crippen LogP contribution is 2.33. The third-order valence-corrected chi connectivity index (χ3v) is 7.67. The van der Waals surface area contributed by atoms with Gasteiger partial charge >= 0.3 is 6.18 Å². The molecule has 2 unspecified atom stereocenters. The summed E-state index contributed by atoms with van der Waals surface area (Å²) in [4.78, 5) is 12.6. The van der Waals surface area contributed by atoms with Gasteiger partial charge in [-0.25, -0.2) is 0 Å². The number of nitrogens with one attached hydrogen (secondary N) is 1. The largest absolute Gasteiger partial charge is 0.498 e. The van der Waals surface area contributed by atoms with E-state index in [4.69, 9.17) is 19.9 Å². The molecule has 1 fully saturated rings. The van der Waals surface area contributed by atoms with Crippen LogP contribution < -0.4 is 11.1 Å². The van der Waals surface area contributed by atoms with Crippen LogP contribution in [0.15, 0.2) is 29.5 Å². The van der Waals surface area contributed by atoms with E-state index in [9.17, 15) is 18.0 Å². The van der Waals surface area contributed by atoms with Gasteiger partial charge in [-0.1, -0.05) is 33.8 Å². The molecule has 1 aromatic carbocycles. The van der Waals surface area contributed by atoms with E-state index in [1.54, 1.807) is 12.0 Å². The molecular weight excluding hydrogens is 535 g/mol. The Labute approximate surface area is 244 Å². The van der Waals surface area contributed by atoms with Gasteiger partial charge in [0.15, 0.2) is 0 Å². The number of primary amides is 1. The number of hydrogen-bond donors (Lipinski definition) is 2. The lowest BCUT2D eigenvalue weighted by atomic mass is 9.97. The Bertz CT molecular complexity index is 964. The van der Waals surface area contributed by atoms with E-state index < -0.39 is 17.6 Å². The standard InChI is InChI=1S/C17H31NO3.C12H13F3N2O.C2H6/c1-4-13-6-7-16(17(13)19-3)21-15(5-2)12-18-14-8-10-20-11-9-14;13-12(14,15)10-2-1-8-3-4-17(7-11(16)18)6-9(8)5-10;1-2/h14-16,18H,4-12H2,1-3H3;1-2,5H,3-4,6-7H2,(H2,16,18);1-2H3. The fourth-order valence-electron chi connectivity index (χ4n) is 5.41. The number of nitrogens with two attached hydrogens (primary N) is 1. The fourth-order valence-corrected chi connectivity index (χ4v) is 5.41. The number of carbonyl (C=O) groups excluding carboxylic acids is 1. The van der Waals surface area contributed by atoms with E-state index in [2.05, 4.69) is 19.2 Å². The Morgan fingerprint density at radius 1 is 1.15 bits per heavy atom. The third-order valence-electron chi connectivity index (χ3n) is 7.67. The second-order valence-electron chi connectivity index (χ2n) is 10.4. The van der Waals surface area contributed by atoms with Gasteiger partial charge in [0.1, 0.15) is 11.9 Å². The Hall–Kier alpha value is -2.14. The van der Waals surface area contributed by atoms with Gasteiger partial charge in [-0.15, -0.1) is 0 Å². The van der Waals surface area contributed by atoms with Crippen LogP contribution in [0.4, 0.5) is 13.2 Å². The van der Waals surface area contributed by atoms with Crippen LogP contribution in [0.3, 0.4) is 0 Å². The summed E-state index contributed by atoms with van der Waals surface area (Å²) in [5.74, 6) is 0.618. The average molecular weight is 586 g/mol. The number of rotatable bonds is 10. The predicted molar refractivity (Wildman–Crippen MR) is 155 cm³/mol. The van der Waals surface area contributed by atoms with Crippen LogP contribution in [0.2, 0.25) is 0 Å². The zero-order chi connectivity index (χ0) is 30.4. The molecule has 3 aliphatic rings. The van der Waals surface area contributed by atoms with Gasteiger partial charge in [0.25, 0.3) is 0 Å². The first kappa shape index (κ1) is 35.1. The number of fused-ring (bicyclic) bond motifs is 1. The zero-order valence-electron chi connectivity index (χ0n) is 25.4. The first-order chi connectivity index (χ1) is 19.6. The number of hydrogen-bond acceptors (Lipinski definition) is 6. The van der Waals surface area contributed by atoms with Crippen molar-refractivity contribution in [2.24, 2.45) is 5.73 Å². The summed E-state index contributed by atoms with van der Waals surface area (Å²) in [5.41, 5.74) is 7.39. The molecule has 0 spiro atoms. The molecular formula is C31H50F3N3O4. The van der Waals surface area contributed by atoms with Crippen molar-refractivity contribution in [3.05, 3.63) is 46.2 Å². The number of ether oxygens (including phenoxy) is 3. The highest BCUT2D eigenvalue weighted by molar-refractivity contribution is 5.76. The van der Waals surface area contributed by atoms with Crippen LogP contribution in [0.5, 0.6) is 0 Å². The maximum absolute atomic E-state index is 12.6. The summed E-state index contributed by atoms with van der Waals surface area (Å²) in [6.07, 6.45) is 3.25. The SMILES string of the molecule is CC.CCC1=C(OC)C(OC(CC)CNC2CCOCC2)CC1.NC(=O)CN1CCc2ccc(C(F)(F)F)cc2C1. The van der Waals surface area contributed by atoms with Crippen LogP contribution in [-0.2, 0) is 38.1 Å². The third kappa shape index (κ3) is 11.2. The lowest BCUT2D eigenvalue weighted by Gasteiger charge is -2.28. The van der Waals surface area contributed by atoms with Crippen LogP contribution in [0.1, 0.15) is 82.9 Å². The van der Waals surface area contributed by atoms with Crippen molar-refractivity contribution in [3.63, 3.8) is 0 Å². The van der Waals surface area contributed by atoms with Crippen LogP contribution >= 0.6 is 0 Å². The Morgan fingerprint density at radius 3 is 2.44 bits per heavy atom. The van der Waals surface area contributed by atoms with Crippen molar-refractivity contribution in [2.75, 3.05) is 40.0 Å². The molecule has 2 atom stereocenters. The van der Waals surface area contributed by atoms with Gasteiger partial charge < -0.3 is 25.3 Å². The monoisotopic (exact) mass is 585 g/mol. The number of methoxy groups -OCH3 is 1. The summed E-state index contributed by atoms with van der Waals surface area (Å²) in [6, 6.07) is 4.36. The Kier molecular flexibility index (Phi) is 15.2. The molecule has 0 bridgehead atoms. The fraction of sp³-hybridized carbons (Fsp3) is 0.710. The van der Waals surface area contributed by atoms with E-state index in [1.165, 1.54) is 11.6 Å². The van der Waals surface area contributed by atoms with Gasteiger partial charge in [0.2, 0.25) is 5.91 Å². The van der Waals surface area contributed by atoms with E-state index in [0.717, 1.165) is 81.7 Å². The minimum atomic E-state index is -4.33. The molecule has 3 N–H and O–H groups in total. The number of benzene rings is 1. The number of nitrogens with zero attached hydrogens (tertiary/aromatic N) is 1. The number of amides is 1. The molecule has 2 heterocycles. The summed E-state index contributed by atoms with van der Waals surface area (Å²) in [5, 5.41) is 3.64. The molecule has 1 aromatic rings. The van der Waals surface area contributed by atoms with Gasteiger partial charge in [0.05, 0.1) is 25.3 Å². The normalized spacial score (nSPS) is 20.3. The van der Waals surface area contributed by atoms with Crippen molar-refractivity contribution in [1.82, 2.24) is 10.2 Å². The molecule has 0 radical (unpaired) electrons. The molecule has 41 heavy (non-hydrogen) atoms. The highest BCUT2D eigenvalue weighted by Gasteiger charge is 2.32. The molecule has 1 amide bonds. The summed E-state index contributed by atoms with van der Waals surface area (Å²) in [6.45, 7) is 12.1. The first-order valence-corrected chi connectivity index (χ1v) is 15.1. The molecule has 7 nitrogen and oxygen atoms in total. The average Bonchev–Trinajstić information content (AvgIpc) is 3.37.